The summed E-state index contributed by atoms with van der Waals surface area (Å²) in [6.45, 7) is 0. The van der Waals surface area contributed by atoms with Gasteiger partial charge in [-0.25, -0.2) is 0 Å². The number of carbonyl (C=O) groups is 1. The van der Waals surface area contributed by atoms with Crippen LogP contribution in [-0.2, 0) is 0 Å². The van der Waals surface area contributed by atoms with Crippen molar-refractivity contribution in [2.45, 2.75) is 0 Å². The lowest BCUT2D eigenvalue weighted by Gasteiger charge is -1.98. The molecule has 90 valence electrons. The van der Waals surface area contributed by atoms with Gasteiger partial charge < -0.3 is 15.6 Å². The molecule has 3 aromatic rings. The first-order valence-electron chi connectivity index (χ1n) is 5.19. The molecule has 0 radical (unpaired) electrons. The Morgan fingerprint density at radius 1 is 1.39 bits per heavy atom. The minimum absolute atomic E-state index is 0.264. The van der Waals surface area contributed by atoms with Crippen molar-refractivity contribution in [1.29, 1.82) is 0 Å². The smallest absolute Gasteiger partial charge is 0.278 e. The number of anilines is 2. The SMILES string of the molecule is Nc1ccc2[nH]nc(C(=O)Nc3ccon3)c2c1. The van der Waals surface area contributed by atoms with Crippen LogP contribution in [0.15, 0.2) is 35.1 Å². The number of fused-ring (bicyclic) bond motifs is 1. The van der Waals surface area contributed by atoms with Crippen LogP contribution in [-0.4, -0.2) is 21.3 Å². The highest BCUT2D eigenvalue weighted by Crippen LogP contribution is 2.19. The number of nitrogen functional groups attached to an aromatic ring is 1. The van der Waals surface area contributed by atoms with Crippen molar-refractivity contribution < 1.29 is 9.32 Å². The Morgan fingerprint density at radius 2 is 2.28 bits per heavy atom. The lowest BCUT2D eigenvalue weighted by molar-refractivity contribution is 0.102. The van der Waals surface area contributed by atoms with E-state index in [2.05, 4.69) is 25.2 Å². The first-order chi connectivity index (χ1) is 8.74. The van der Waals surface area contributed by atoms with E-state index in [1.54, 1.807) is 24.3 Å². The number of hydrogen-bond acceptors (Lipinski definition) is 5. The lowest BCUT2D eigenvalue weighted by Crippen LogP contribution is -2.13. The minimum Gasteiger partial charge on any atom is -0.399 e. The van der Waals surface area contributed by atoms with E-state index in [9.17, 15) is 4.79 Å². The number of aromatic nitrogens is 3. The van der Waals surface area contributed by atoms with Crippen molar-refractivity contribution >= 4 is 28.3 Å². The molecule has 0 aliphatic rings. The third kappa shape index (κ3) is 1.67. The van der Waals surface area contributed by atoms with Crippen LogP contribution in [0.3, 0.4) is 0 Å². The zero-order valence-electron chi connectivity index (χ0n) is 9.18. The molecule has 0 bridgehead atoms. The summed E-state index contributed by atoms with van der Waals surface area (Å²) in [5, 5.41) is 13.6. The molecular formula is C11H9N5O2. The summed E-state index contributed by atoms with van der Waals surface area (Å²) in [4.78, 5) is 12.0. The van der Waals surface area contributed by atoms with Crippen LogP contribution in [0.25, 0.3) is 10.9 Å². The maximum absolute atomic E-state index is 12.0. The third-order valence-corrected chi connectivity index (χ3v) is 2.48. The minimum atomic E-state index is -0.374. The molecule has 0 atom stereocenters. The number of H-pyrrole nitrogens is 1. The van der Waals surface area contributed by atoms with Gasteiger partial charge in [0, 0.05) is 17.1 Å². The molecular weight excluding hydrogens is 234 g/mol. The molecule has 7 heteroatoms. The molecule has 0 aliphatic carbocycles. The number of carbonyl (C=O) groups excluding carboxylic acids is 1. The van der Waals surface area contributed by atoms with E-state index in [-0.39, 0.29) is 11.6 Å². The van der Waals surface area contributed by atoms with Gasteiger partial charge in [0.05, 0.1) is 5.52 Å². The third-order valence-electron chi connectivity index (χ3n) is 2.48. The summed E-state index contributed by atoms with van der Waals surface area (Å²) in [7, 11) is 0. The van der Waals surface area contributed by atoms with Gasteiger partial charge in [-0.15, -0.1) is 0 Å². The van der Waals surface area contributed by atoms with Crippen molar-refractivity contribution in [3.63, 3.8) is 0 Å². The molecule has 0 aliphatic heterocycles. The molecule has 0 unspecified atom stereocenters. The van der Waals surface area contributed by atoms with Gasteiger partial charge >= 0.3 is 0 Å². The Kier molecular flexibility index (Phi) is 2.23. The normalized spacial score (nSPS) is 10.7. The van der Waals surface area contributed by atoms with Gasteiger partial charge in [-0.1, -0.05) is 5.16 Å². The summed E-state index contributed by atoms with van der Waals surface area (Å²) in [6.07, 6.45) is 1.37. The van der Waals surface area contributed by atoms with E-state index in [4.69, 9.17) is 5.73 Å². The molecule has 3 rings (SSSR count). The molecule has 18 heavy (non-hydrogen) atoms. The average molecular weight is 243 g/mol. The van der Waals surface area contributed by atoms with Crippen LogP contribution in [0.5, 0.6) is 0 Å². The van der Waals surface area contributed by atoms with Crippen molar-refractivity contribution in [2.75, 3.05) is 11.1 Å². The summed E-state index contributed by atoms with van der Waals surface area (Å²) >= 11 is 0. The van der Waals surface area contributed by atoms with Gasteiger partial charge in [0.1, 0.15) is 6.26 Å². The molecule has 0 fully saturated rings. The van der Waals surface area contributed by atoms with Crippen LogP contribution >= 0.6 is 0 Å². The number of rotatable bonds is 2. The van der Waals surface area contributed by atoms with E-state index in [0.29, 0.717) is 16.9 Å². The second-order valence-corrected chi connectivity index (χ2v) is 3.72. The van der Waals surface area contributed by atoms with Gasteiger partial charge in [0.25, 0.3) is 5.91 Å². The van der Waals surface area contributed by atoms with Gasteiger partial charge in [0.15, 0.2) is 11.5 Å². The summed E-state index contributed by atoms with van der Waals surface area (Å²) in [5.41, 5.74) is 7.27. The summed E-state index contributed by atoms with van der Waals surface area (Å²) < 4.78 is 4.63. The predicted molar refractivity (Wildman–Crippen MR) is 65.0 cm³/mol. The van der Waals surface area contributed by atoms with E-state index >= 15 is 0 Å². The quantitative estimate of drug-likeness (QED) is 0.589. The standard InChI is InChI=1S/C11H9N5O2/c12-6-1-2-8-7(5-6)10(15-14-8)11(17)13-9-3-4-18-16-9/h1-5H,12H2,(H,14,15)(H,13,16,17). The van der Waals surface area contributed by atoms with Gasteiger partial charge in [-0.05, 0) is 18.2 Å². The maximum Gasteiger partial charge on any atom is 0.278 e. The fourth-order valence-electron chi connectivity index (χ4n) is 1.66. The molecule has 0 saturated carbocycles. The Bertz CT molecular complexity index is 701. The van der Waals surface area contributed by atoms with Crippen LogP contribution in [0.2, 0.25) is 0 Å². The van der Waals surface area contributed by atoms with E-state index in [1.807, 2.05) is 0 Å². The second kappa shape index (κ2) is 3.88. The van der Waals surface area contributed by atoms with Crippen molar-refractivity contribution in [1.82, 2.24) is 15.4 Å². The molecule has 0 saturated heterocycles. The highest BCUT2D eigenvalue weighted by atomic mass is 16.5. The zero-order chi connectivity index (χ0) is 12.5. The molecule has 1 aromatic carbocycles. The zero-order valence-corrected chi connectivity index (χ0v) is 9.18. The monoisotopic (exact) mass is 243 g/mol. The van der Waals surface area contributed by atoms with E-state index in [0.717, 1.165) is 5.52 Å². The molecule has 1 amide bonds. The van der Waals surface area contributed by atoms with Crippen LogP contribution in [0, 0.1) is 0 Å². The lowest BCUT2D eigenvalue weighted by atomic mass is 10.2. The molecule has 2 aromatic heterocycles. The number of nitrogens with zero attached hydrogens (tertiary/aromatic N) is 2. The second-order valence-electron chi connectivity index (χ2n) is 3.72. The fraction of sp³-hybridized carbons (Fsp3) is 0. The number of aromatic amines is 1. The number of amides is 1. The Morgan fingerprint density at radius 3 is 3.06 bits per heavy atom. The highest BCUT2D eigenvalue weighted by Gasteiger charge is 2.15. The number of nitrogens with two attached hydrogens (primary N) is 1. The molecule has 4 N–H and O–H groups in total. The van der Waals surface area contributed by atoms with Crippen molar-refractivity contribution in [2.24, 2.45) is 0 Å². The largest absolute Gasteiger partial charge is 0.399 e. The Balaban J connectivity index is 1.98. The highest BCUT2D eigenvalue weighted by molar-refractivity contribution is 6.11. The number of nitrogens with one attached hydrogen (secondary N) is 2. The Labute approximate surface area is 101 Å². The van der Waals surface area contributed by atoms with Gasteiger partial charge in [0.2, 0.25) is 0 Å². The average Bonchev–Trinajstić information content (AvgIpc) is 2.97. The van der Waals surface area contributed by atoms with Gasteiger partial charge in [-0.2, -0.15) is 5.10 Å². The van der Waals surface area contributed by atoms with Crippen LogP contribution < -0.4 is 11.1 Å². The first-order valence-corrected chi connectivity index (χ1v) is 5.19. The molecule has 0 spiro atoms. The molecule has 7 nitrogen and oxygen atoms in total. The van der Waals surface area contributed by atoms with Crippen LogP contribution in [0.4, 0.5) is 11.5 Å². The fourth-order valence-corrected chi connectivity index (χ4v) is 1.66. The summed E-state index contributed by atoms with van der Waals surface area (Å²) in [6, 6.07) is 6.74. The Hall–Kier alpha value is -2.83. The summed E-state index contributed by atoms with van der Waals surface area (Å²) in [5.74, 6) is -0.0409. The predicted octanol–water partition coefficient (Wildman–Crippen LogP) is 1.39. The van der Waals surface area contributed by atoms with Crippen molar-refractivity contribution in [3.8, 4) is 0 Å². The van der Waals surface area contributed by atoms with E-state index in [1.165, 1.54) is 6.26 Å². The van der Waals surface area contributed by atoms with E-state index < -0.39 is 0 Å². The van der Waals surface area contributed by atoms with Gasteiger partial charge in [-0.3, -0.25) is 9.89 Å². The van der Waals surface area contributed by atoms with Crippen LogP contribution in [0.1, 0.15) is 10.5 Å². The topological polar surface area (TPSA) is 110 Å². The molecule has 2 heterocycles. The number of hydrogen-bond donors (Lipinski definition) is 3. The first kappa shape index (κ1) is 10.3. The van der Waals surface area contributed by atoms with Crippen molar-refractivity contribution in [3.05, 3.63) is 36.2 Å². The maximum atomic E-state index is 12.0. The number of benzene rings is 1.